The van der Waals surface area contributed by atoms with Gasteiger partial charge in [0.05, 0.1) is 11.0 Å². The molecule has 0 radical (unpaired) electrons. The van der Waals surface area contributed by atoms with Crippen molar-refractivity contribution in [2.24, 2.45) is 5.73 Å². The minimum absolute atomic E-state index is 0. The Kier molecular flexibility index (Phi) is 8.26. The molecule has 0 aromatic heterocycles. The number of benzene rings is 1. The first-order valence-corrected chi connectivity index (χ1v) is 5.88. The van der Waals surface area contributed by atoms with E-state index in [2.05, 4.69) is 5.32 Å². The number of nitro groups is 1. The Balaban J connectivity index is 0.00000361. The van der Waals surface area contributed by atoms with Crippen molar-refractivity contribution in [3.8, 4) is 5.75 Å². The van der Waals surface area contributed by atoms with Gasteiger partial charge in [0, 0.05) is 18.7 Å². The molecule has 7 nitrogen and oxygen atoms in total. The van der Waals surface area contributed by atoms with E-state index in [4.69, 9.17) is 10.5 Å². The van der Waals surface area contributed by atoms with Crippen LogP contribution in [-0.4, -0.2) is 30.0 Å². The number of nitrogens with two attached hydrogens (primary N) is 1. The predicted octanol–water partition coefficient (Wildman–Crippen LogP) is 1.25. The summed E-state index contributed by atoms with van der Waals surface area (Å²) in [6.07, 6.45) is 0.683. The average Bonchev–Trinajstić information content (AvgIpc) is 2.36. The topological polar surface area (TPSA) is 107 Å². The Bertz CT molecular complexity index is 454. The van der Waals surface area contributed by atoms with Crippen LogP contribution < -0.4 is 15.8 Å². The highest BCUT2D eigenvalue weighted by Crippen LogP contribution is 2.18. The second kappa shape index (κ2) is 9.11. The van der Waals surface area contributed by atoms with Crippen LogP contribution in [0.2, 0.25) is 0 Å². The Morgan fingerprint density at radius 3 is 2.85 bits per heavy atom. The van der Waals surface area contributed by atoms with E-state index in [1.165, 1.54) is 18.2 Å². The summed E-state index contributed by atoms with van der Waals surface area (Å²) >= 11 is 0. The lowest BCUT2D eigenvalue weighted by Crippen LogP contribution is -2.32. The van der Waals surface area contributed by atoms with Crippen molar-refractivity contribution < 1.29 is 14.5 Å². The summed E-state index contributed by atoms with van der Waals surface area (Å²) < 4.78 is 5.17. The van der Waals surface area contributed by atoms with E-state index < -0.39 is 4.92 Å². The van der Waals surface area contributed by atoms with Crippen molar-refractivity contribution in [2.75, 3.05) is 13.2 Å². The number of hydrogen-bond donors (Lipinski definition) is 2. The number of halogens is 1. The summed E-state index contributed by atoms with van der Waals surface area (Å²) in [5.74, 6) is 0.00343. The molecule has 0 saturated heterocycles. The minimum Gasteiger partial charge on any atom is -0.484 e. The number of rotatable bonds is 7. The fraction of sp³-hybridized carbons (Fsp3) is 0.417. The monoisotopic (exact) mass is 303 g/mol. The molecular weight excluding hydrogens is 286 g/mol. The molecule has 0 bridgehead atoms. The summed E-state index contributed by atoms with van der Waals surface area (Å²) in [6.45, 7) is 2.15. The Hall–Kier alpha value is -1.86. The molecule has 3 N–H and O–H groups in total. The zero-order valence-electron chi connectivity index (χ0n) is 11.1. The molecule has 8 heteroatoms. The van der Waals surface area contributed by atoms with Crippen LogP contribution in [0.15, 0.2) is 24.3 Å². The lowest BCUT2D eigenvalue weighted by atomic mass is 10.2. The van der Waals surface area contributed by atoms with Gasteiger partial charge in [0.25, 0.3) is 11.6 Å². The average molecular weight is 304 g/mol. The van der Waals surface area contributed by atoms with E-state index in [1.807, 2.05) is 6.92 Å². The van der Waals surface area contributed by atoms with Gasteiger partial charge in [-0.05, 0) is 19.4 Å². The molecule has 1 amide bonds. The number of carbonyl (C=O) groups is 1. The molecule has 0 aliphatic heterocycles. The number of nitrogens with zero attached hydrogens (tertiary/aromatic N) is 1. The number of hydrogen-bond acceptors (Lipinski definition) is 5. The van der Waals surface area contributed by atoms with Crippen molar-refractivity contribution >= 4 is 24.0 Å². The van der Waals surface area contributed by atoms with E-state index in [9.17, 15) is 14.9 Å². The molecule has 0 saturated carbocycles. The summed E-state index contributed by atoms with van der Waals surface area (Å²) in [5, 5.41) is 13.2. The molecule has 20 heavy (non-hydrogen) atoms. The molecule has 112 valence electrons. The maximum Gasteiger partial charge on any atom is 0.273 e. The molecule has 1 aromatic carbocycles. The highest BCUT2D eigenvalue weighted by atomic mass is 35.5. The third-order valence-corrected chi connectivity index (χ3v) is 2.32. The number of ether oxygens (including phenoxy) is 1. The Morgan fingerprint density at radius 2 is 2.25 bits per heavy atom. The molecule has 0 aliphatic rings. The summed E-state index contributed by atoms with van der Waals surface area (Å²) in [6, 6.07) is 5.71. The van der Waals surface area contributed by atoms with Crippen molar-refractivity contribution in [3.05, 3.63) is 34.4 Å². The summed E-state index contributed by atoms with van der Waals surface area (Å²) in [7, 11) is 0. The van der Waals surface area contributed by atoms with Crippen LogP contribution >= 0.6 is 12.4 Å². The van der Waals surface area contributed by atoms with Gasteiger partial charge in [0.1, 0.15) is 5.75 Å². The van der Waals surface area contributed by atoms with Gasteiger partial charge >= 0.3 is 0 Å². The Labute approximate surface area is 123 Å². The minimum atomic E-state index is -0.518. The van der Waals surface area contributed by atoms with Crippen LogP contribution in [0.1, 0.15) is 13.3 Å². The van der Waals surface area contributed by atoms with Crippen LogP contribution in [0.5, 0.6) is 5.75 Å². The summed E-state index contributed by atoms with van der Waals surface area (Å²) in [4.78, 5) is 21.4. The third kappa shape index (κ3) is 6.91. The standard InChI is InChI=1S/C12H17N3O4.ClH/c1-9(13)5-6-14-12(16)8-19-11-4-2-3-10(7-11)15(17)18;/h2-4,7,9H,5-6,8,13H2,1H3,(H,14,16);1H. The molecule has 0 heterocycles. The second-order valence-corrected chi connectivity index (χ2v) is 4.16. The van der Waals surface area contributed by atoms with E-state index in [0.29, 0.717) is 13.0 Å². The molecule has 1 aromatic rings. The van der Waals surface area contributed by atoms with Crippen molar-refractivity contribution in [1.29, 1.82) is 0 Å². The SMILES string of the molecule is CC(N)CCNC(=O)COc1cccc([N+](=O)[O-])c1.Cl. The molecule has 1 unspecified atom stereocenters. The van der Waals surface area contributed by atoms with Crippen molar-refractivity contribution in [2.45, 2.75) is 19.4 Å². The number of amides is 1. The quantitative estimate of drug-likeness (QED) is 0.582. The normalized spacial score (nSPS) is 11.1. The molecule has 1 rings (SSSR count). The van der Waals surface area contributed by atoms with Crippen molar-refractivity contribution in [1.82, 2.24) is 5.32 Å². The lowest BCUT2D eigenvalue weighted by molar-refractivity contribution is -0.384. The van der Waals surface area contributed by atoms with E-state index in [1.54, 1.807) is 6.07 Å². The first-order chi connectivity index (χ1) is 8.99. The van der Waals surface area contributed by atoms with Gasteiger partial charge in [0.2, 0.25) is 0 Å². The van der Waals surface area contributed by atoms with Gasteiger partial charge < -0.3 is 15.8 Å². The number of nitrogens with one attached hydrogen (secondary N) is 1. The van der Waals surface area contributed by atoms with Crippen LogP contribution in [-0.2, 0) is 4.79 Å². The zero-order valence-corrected chi connectivity index (χ0v) is 11.9. The van der Waals surface area contributed by atoms with Crippen LogP contribution in [0.4, 0.5) is 5.69 Å². The van der Waals surface area contributed by atoms with Gasteiger partial charge in [-0.25, -0.2) is 0 Å². The first kappa shape index (κ1) is 18.1. The van der Waals surface area contributed by atoms with Crippen LogP contribution in [0.25, 0.3) is 0 Å². The molecule has 0 fully saturated rings. The summed E-state index contributed by atoms with van der Waals surface area (Å²) in [5.41, 5.74) is 5.47. The highest BCUT2D eigenvalue weighted by molar-refractivity contribution is 5.85. The van der Waals surface area contributed by atoms with Gasteiger partial charge in [-0.15, -0.1) is 12.4 Å². The second-order valence-electron chi connectivity index (χ2n) is 4.16. The number of nitro benzene ring substituents is 1. The van der Waals surface area contributed by atoms with Crippen LogP contribution in [0.3, 0.4) is 0 Å². The number of carbonyl (C=O) groups excluding carboxylic acids is 1. The van der Waals surface area contributed by atoms with Gasteiger partial charge in [-0.3, -0.25) is 14.9 Å². The fourth-order valence-corrected chi connectivity index (χ4v) is 1.33. The smallest absolute Gasteiger partial charge is 0.273 e. The van der Waals surface area contributed by atoms with Crippen molar-refractivity contribution in [3.63, 3.8) is 0 Å². The Morgan fingerprint density at radius 1 is 1.55 bits per heavy atom. The highest BCUT2D eigenvalue weighted by Gasteiger charge is 2.08. The first-order valence-electron chi connectivity index (χ1n) is 5.88. The molecule has 0 spiro atoms. The number of non-ortho nitro benzene ring substituents is 1. The zero-order chi connectivity index (χ0) is 14.3. The van der Waals surface area contributed by atoms with Crippen LogP contribution in [0, 0.1) is 10.1 Å². The van der Waals surface area contributed by atoms with Gasteiger partial charge in [0.15, 0.2) is 6.61 Å². The van der Waals surface area contributed by atoms with E-state index >= 15 is 0 Å². The lowest BCUT2D eigenvalue weighted by Gasteiger charge is -2.08. The largest absolute Gasteiger partial charge is 0.484 e. The van der Waals surface area contributed by atoms with E-state index in [-0.39, 0.29) is 42.4 Å². The van der Waals surface area contributed by atoms with Gasteiger partial charge in [-0.2, -0.15) is 0 Å². The maximum absolute atomic E-state index is 11.4. The molecule has 1 atom stereocenters. The van der Waals surface area contributed by atoms with E-state index in [0.717, 1.165) is 0 Å². The third-order valence-electron chi connectivity index (χ3n) is 2.32. The van der Waals surface area contributed by atoms with Gasteiger partial charge in [-0.1, -0.05) is 6.07 Å². The predicted molar refractivity (Wildman–Crippen MR) is 77.1 cm³/mol. The molecule has 0 aliphatic carbocycles. The maximum atomic E-state index is 11.4. The molecular formula is C12H18ClN3O4. The fourth-order valence-electron chi connectivity index (χ4n) is 1.33.